The van der Waals surface area contributed by atoms with Gasteiger partial charge in [-0.25, -0.2) is 0 Å². The summed E-state index contributed by atoms with van der Waals surface area (Å²) in [7, 11) is 4.40. The van der Waals surface area contributed by atoms with Gasteiger partial charge in [0.2, 0.25) is 0 Å². The fourth-order valence-electron chi connectivity index (χ4n) is 3.29. The monoisotopic (exact) mass is 328 g/mol. The average Bonchev–Trinajstić information content (AvgIpc) is 2.48. The second-order valence-electron chi connectivity index (χ2n) is 6.45. The summed E-state index contributed by atoms with van der Waals surface area (Å²) in [5.74, 6) is 0. The molecule has 1 aromatic carbocycles. The average molecular weight is 329 g/mol. The molecule has 118 valence electrons. The zero-order valence-electron chi connectivity index (χ0n) is 13.3. The maximum absolute atomic E-state index is 6.30. The summed E-state index contributed by atoms with van der Waals surface area (Å²) < 4.78 is 0. The van der Waals surface area contributed by atoms with Crippen molar-refractivity contribution in [2.45, 2.75) is 50.6 Å². The third kappa shape index (κ3) is 4.13. The lowest BCUT2D eigenvalue weighted by Crippen LogP contribution is -2.53. The van der Waals surface area contributed by atoms with Gasteiger partial charge in [0.15, 0.2) is 0 Å². The van der Waals surface area contributed by atoms with Crippen LogP contribution in [0.15, 0.2) is 18.2 Å². The third-order valence-corrected chi connectivity index (χ3v) is 5.47. The summed E-state index contributed by atoms with van der Waals surface area (Å²) in [5, 5.41) is 5.19. The van der Waals surface area contributed by atoms with Crippen molar-refractivity contribution in [1.29, 1.82) is 0 Å². The standard InChI is InChI=1S/C17H26Cl2N2/c1-13(15-11-14(18)7-8-16(15)19)20-12-17(21(2)3)9-5-4-6-10-17/h7-8,11,13,20H,4-6,9-10,12H2,1-3H3. The van der Waals surface area contributed by atoms with E-state index in [0.717, 1.165) is 22.2 Å². The number of nitrogens with zero attached hydrogens (tertiary/aromatic N) is 1. The molecular formula is C17H26Cl2N2. The molecule has 1 aromatic rings. The molecular weight excluding hydrogens is 303 g/mol. The molecule has 0 saturated heterocycles. The summed E-state index contributed by atoms with van der Waals surface area (Å²) in [6, 6.07) is 5.88. The van der Waals surface area contributed by atoms with Crippen LogP contribution in [0.2, 0.25) is 10.0 Å². The Morgan fingerprint density at radius 1 is 1.19 bits per heavy atom. The van der Waals surface area contributed by atoms with Crippen LogP contribution in [0.3, 0.4) is 0 Å². The van der Waals surface area contributed by atoms with Crippen molar-refractivity contribution in [2.75, 3.05) is 20.6 Å². The Morgan fingerprint density at radius 3 is 2.48 bits per heavy atom. The lowest BCUT2D eigenvalue weighted by atomic mass is 9.80. The summed E-state index contributed by atoms with van der Waals surface area (Å²) in [6.45, 7) is 3.15. The number of nitrogens with one attached hydrogen (secondary N) is 1. The van der Waals surface area contributed by atoms with Gasteiger partial charge in [0, 0.05) is 28.2 Å². The summed E-state index contributed by atoms with van der Waals surface area (Å²) >= 11 is 12.4. The molecule has 4 heteroatoms. The molecule has 21 heavy (non-hydrogen) atoms. The van der Waals surface area contributed by atoms with Crippen molar-refractivity contribution < 1.29 is 0 Å². The van der Waals surface area contributed by atoms with Crippen LogP contribution in [0.4, 0.5) is 0 Å². The van der Waals surface area contributed by atoms with Crippen molar-refractivity contribution in [1.82, 2.24) is 10.2 Å². The van der Waals surface area contributed by atoms with E-state index in [9.17, 15) is 0 Å². The van der Waals surface area contributed by atoms with Gasteiger partial charge in [0.05, 0.1) is 0 Å². The van der Waals surface area contributed by atoms with E-state index in [0.29, 0.717) is 0 Å². The second-order valence-corrected chi connectivity index (χ2v) is 7.29. The number of halogens is 2. The van der Waals surface area contributed by atoms with Crippen LogP contribution >= 0.6 is 23.2 Å². The summed E-state index contributed by atoms with van der Waals surface area (Å²) in [4.78, 5) is 2.39. The molecule has 0 aromatic heterocycles. The van der Waals surface area contributed by atoms with Crippen LogP contribution < -0.4 is 5.32 Å². The highest BCUT2D eigenvalue weighted by Gasteiger charge is 2.34. The fraction of sp³-hybridized carbons (Fsp3) is 0.647. The minimum absolute atomic E-state index is 0.204. The van der Waals surface area contributed by atoms with Gasteiger partial charge in [0.1, 0.15) is 0 Å². The largest absolute Gasteiger partial charge is 0.308 e. The maximum Gasteiger partial charge on any atom is 0.0454 e. The van der Waals surface area contributed by atoms with Crippen LogP contribution in [-0.2, 0) is 0 Å². The van der Waals surface area contributed by atoms with Gasteiger partial charge in [-0.1, -0.05) is 42.5 Å². The third-order valence-electron chi connectivity index (χ3n) is 4.89. The zero-order chi connectivity index (χ0) is 15.5. The first-order chi connectivity index (χ1) is 9.94. The lowest BCUT2D eigenvalue weighted by molar-refractivity contribution is 0.0958. The molecule has 1 N–H and O–H groups in total. The Bertz CT molecular complexity index is 468. The van der Waals surface area contributed by atoms with Gasteiger partial charge >= 0.3 is 0 Å². The SMILES string of the molecule is CC(NCC1(N(C)C)CCCCC1)c1cc(Cl)ccc1Cl. The predicted octanol–water partition coefficient (Wildman–Crippen LogP) is 4.91. The minimum atomic E-state index is 0.204. The molecule has 0 aliphatic heterocycles. The van der Waals surface area contributed by atoms with E-state index in [1.165, 1.54) is 32.1 Å². The first kappa shape index (κ1) is 17.1. The Balaban J connectivity index is 2.05. The summed E-state index contributed by atoms with van der Waals surface area (Å²) in [6.07, 6.45) is 6.55. The van der Waals surface area contributed by atoms with Gasteiger partial charge < -0.3 is 10.2 Å². The molecule has 1 atom stereocenters. The van der Waals surface area contributed by atoms with Crippen molar-refractivity contribution >= 4 is 23.2 Å². The van der Waals surface area contributed by atoms with Gasteiger partial charge in [-0.05, 0) is 57.6 Å². The predicted molar refractivity (Wildman–Crippen MR) is 92.4 cm³/mol. The molecule has 2 nitrogen and oxygen atoms in total. The number of benzene rings is 1. The molecule has 1 aliphatic carbocycles. The van der Waals surface area contributed by atoms with Crippen LogP contribution in [0.25, 0.3) is 0 Å². The van der Waals surface area contributed by atoms with Crippen LogP contribution in [0.5, 0.6) is 0 Å². The molecule has 1 fully saturated rings. The van der Waals surface area contributed by atoms with Crippen molar-refractivity contribution in [2.24, 2.45) is 0 Å². The van der Waals surface area contributed by atoms with Crippen LogP contribution in [0, 0.1) is 0 Å². The highest BCUT2D eigenvalue weighted by atomic mass is 35.5. The van der Waals surface area contributed by atoms with Crippen molar-refractivity contribution in [3.05, 3.63) is 33.8 Å². The minimum Gasteiger partial charge on any atom is -0.308 e. The Kier molecular flexibility index (Phi) is 5.96. The van der Waals surface area contributed by atoms with E-state index >= 15 is 0 Å². The molecule has 0 amide bonds. The van der Waals surface area contributed by atoms with E-state index in [4.69, 9.17) is 23.2 Å². The van der Waals surface area contributed by atoms with Gasteiger partial charge in [-0.15, -0.1) is 0 Å². The molecule has 0 radical (unpaired) electrons. The maximum atomic E-state index is 6.30. The number of hydrogen-bond acceptors (Lipinski definition) is 2. The van der Waals surface area contributed by atoms with Crippen molar-refractivity contribution in [3.8, 4) is 0 Å². The molecule has 1 unspecified atom stereocenters. The lowest BCUT2D eigenvalue weighted by Gasteiger charge is -2.44. The molecule has 0 spiro atoms. The topological polar surface area (TPSA) is 15.3 Å². The van der Waals surface area contributed by atoms with Gasteiger partial charge in [-0.2, -0.15) is 0 Å². The Morgan fingerprint density at radius 2 is 1.86 bits per heavy atom. The Hall–Kier alpha value is -0.280. The van der Waals surface area contributed by atoms with E-state index in [2.05, 4.69) is 31.2 Å². The normalized spacial score (nSPS) is 19.7. The van der Waals surface area contributed by atoms with Crippen LogP contribution in [-0.4, -0.2) is 31.1 Å². The number of rotatable bonds is 5. The van der Waals surface area contributed by atoms with E-state index in [-0.39, 0.29) is 11.6 Å². The number of hydrogen-bond donors (Lipinski definition) is 1. The molecule has 1 saturated carbocycles. The van der Waals surface area contributed by atoms with Gasteiger partial charge in [0.25, 0.3) is 0 Å². The van der Waals surface area contributed by atoms with Crippen molar-refractivity contribution in [3.63, 3.8) is 0 Å². The second kappa shape index (κ2) is 7.32. The van der Waals surface area contributed by atoms with E-state index in [1.807, 2.05) is 18.2 Å². The first-order valence-electron chi connectivity index (χ1n) is 7.80. The molecule has 2 rings (SSSR count). The van der Waals surface area contributed by atoms with Crippen LogP contribution in [0.1, 0.15) is 50.6 Å². The zero-order valence-corrected chi connectivity index (χ0v) is 14.8. The molecule has 0 heterocycles. The highest BCUT2D eigenvalue weighted by Crippen LogP contribution is 2.33. The number of likely N-dealkylation sites (N-methyl/N-ethyl adjacent to an activating group) is 1. The molecule has 0 bridgehead atoms. The highest BCUT2D eigenvalue weighted by molar-refractivity contribution is 6.33. The quantitative estimate of drug-likeness (QED) is 0.826. The van der Waals surface area contributed by atoms with Gasteiger partial charge in [-0.3, -0.25) is 0 Å². The van der Waals surface area contributed by atoms with E-state index < -0.39 is 0 Å². The van der Waals surface area contributed by atoms with E-state index in [1.54, 1.807) is 0 Å². The first-order valence-corrected chi connectivity index (χ1v) is 8.56. The fourth-order valence-corrected chi connectivity index (χ4v) is 3.75. The summed E-state index contributed by atoms with van der Waals surface area (Å²) in [5.41, 5.74) is 1.35. The Labute approximate surface area is 138 Å². The smallest absolute Gasteiger partial charge is 0.0454 e. The molecule has 1 aliphatic rings.